The molecule has 0 N–H and O–H groups in total. The van der Waals surface area contributed by atoms with E-state index in [1.54, 1.807) is 4.31 Å². The maximum Gasteiger partial charge on any atom is 0.215 e. The van der Waals surface area contributed by atoms with Gasteiger partial charge >= 0.3 is 0 Å². The molecule has 114 valence electrons. The van der Waals surface area contributed by atoms with Crippen LogP contribution in [0.1, 0.15) is 52.4 Å². The van der Waals surface area contributed by atoms with E-state index >= 15 is 0 Å². The summed E-state index contributed by atoms with van der Waals surface area (Å²) in [6.07, 6.45) is 5.37. The van der Waals surface area contributed by atoms with Gasteiger partial charge in [0, 0.05) is 24.9 Å². The van der Waals surface area contributed by atoms with E-state index in [0.29, 0.717) is 25.4 Å². The van der Waals surface area contributed by atoms with Gasteiger partial charge in [-0.25, -0.2) is 12.7 Å². The highest BCUT2D eigenvalue weighted by molar-refractivity contribution is 7.89. The third-order valence-electron chi connectivity index (χ3n) is 6.28. The normalized spacial score (nSPS) is 37.5. The van der Waals surface area contributed by atoms with Gasteiger partial charge in [-0.05, 0) is 37.0 Å². The van der Waals surface area contributed by atoms with E-state index in [0.717, 1.165) is 32.1 Å². The molecule has 3 rings (SSSR count). The minimum atomic E-state index is -3.30. The highest BCUT2D eigenvalue weighted by atomic mass is 32.2. The van der Waals surface area contributed by atoms with Crippen LogP contribution < -0.4 is 0 Å². The molecule has 0 aromatic heterocycles. The second-order valence-electron chi connectivity index (χ2n) is 7.38. The number of hydrogen-bond donors (Lipinski definition) is 0. The Morgan fingerprint density at radius 3 is 2.35 bits per heavy atom. The molecule has 2 atom stereocenters. The molecule has 20 heavy (non-hydrogen) atoms. The number of fused-ring (bicyclic) bond motifs is 2. The lowest BCUT2D eigenvalue weighted by atomic mass is 9.70. The predicted molar refractivity (Wildman–Crippen MR) is 77.8 cm³/mol. The van der Waals surface area contributed by atoms with Gasteiger partial charge in [-0.15, -0.1) is 0 Å². The SMILES string of the molecule is CC1(C)[C@@H]2CC[C@]1(CS(=O)(=O)N1CCCCC1)C(=O)C2. The summed E-state index contributed by atoms with van der Waals surface area (Å²) in [5.74, 6) is 0.619. The molecule has 5 heteroatoms. The minimum Gasteiger partial charge on any atom is -0.299 e. The molecular weight excluding hydrogens is 274 g/mol. The van der Waals surface area contributed by atoms with Crippen LogP contribution in [0.25, 0.3) is 0 Å². The zero-order valence-electron chi connectivity index (χ0n) is 12.5. The van der Waals surface area contributed by atoms with Crippen LogP contribution in [0.2, 0.25) is 0 Å². The Morgan fingerprint density at radius 1 is 1.20 bits per heavy atom. The van der Waals surface area contributed by atoms with Crippen molar-refractivity contribution in [3.05, 3.63) is 0 Å². The minimum absolute atomic E-state index is 0.0440. The number of rotatable bonds is 3. The summed E-state index contributed by atoms with van der Waals surface area (Å²) in [6.45, 7) is 5.47. The van der Waals surface area contributed by atoms with Crippen LogP contribution in [0.4, 0.5) is 0 Å². The smallest absolute Gasteiger partial charge is 0.215 e. The summed E-state index contributed by atoms with van der Waals surface area (Å²) in [5, 5.41) is 0. The van der Waals surface area contributed by atoms with E-state index < -0.39 is 15.4 Å². The van der Waals surface area contributed by atoms with Crippen molar-refractivity contribution in [1.29, 1.82) is 0 Å². The van der Waals surface area contributed by atoms with Gasteiger partial charge < -0.3 is 0 Å². The van der Waals surface area contributed by atoms with Crippen LogP contribution in [0.15, 0.2) is 0 Å². The number of carbonyl (C=O) groups excluding carboxylic acids is 1. The fourth-order valence-corrected chi connectivity index (χ4v) is 6.95. The molecule has 4 nitrogen and oxygen atoms in total. The van der Waals surface area contributed by atoms with Crippen molar-refractivity contribution in [2.24, 2.45) is 16.7 Å². The molecule has 0 aromatic rings. The molecule has 2 saturated carbocycles. The van der Waals surface area contributed by atoms with E-state index in [1.807, 2.05) is 0 Å². The Labute approximate surface area is 122 Å². The van der Waals surface area contributed by atoms with Crippen molar-refractivity contribution in [2.75, 3.05) is 18.8 Å². The molecule has 0 unspecified atom stereocenters. The molecule has 1 aliphatic heterocycles. The number of piperidine rings is 1. The number of Topliss-reactive ketones (excluding diaryl/α,β-unsaturated/α-hetero) is 1. The Bertz CT molecular complexity index is 519. The summed E-state index contributed by atoms with van der Waals surface area (Å²) in [4.78, 5) is 12.5. The molecule has 0 radical (unpaired) electrons. The second kappa shape index (κ2) is 4.54. The third kappa shape index (κ3) is 1.89. The number of hydrogen-bond acceptors (Lipinski definition) is 3. The third-order valence-corrected chi connectivity index (χ3v) is 8.29. The molecular formula is C15H25NO3S. The molecule has 1 saturated heterocycles. The highest BCUT2D eigenvalue weighted by Crippen LogP contribution is 2.64. The van der Waals surface area contributed by atoms with Gasteiger partial charge in [-0.1, -0.05) is 20.3 Å². The van der Waals surface area contributed by atoms with Crippen LogP contribution in [-0.4, -0.2) is 37.3 Å². The van der Waals surface area contributed by atoms with E-state index in [9.17, 15) is 13.2 Å². The first kappa shape index (κ1) is 14.5. The van der Waals surface area contributed by atoms with Crippen molar-refractivity contribution >= 4 is 15.8 Å². The van der Waals surface area contributed by atoms with Crippen LogP contribution in [0, 0.1) is 16.7 Å². The van der Waals surface area contributed by atoms with Crippen LogP contribution in [0.5, 0.6) is 0 Å². The van der Waals surface area contributed by atoms with E-state index in [1.165, 1.54) is 0 Å². The van der Waals surface area contributed by atoms with Crippen LogP contribution in [0.3, 0.4) is 0 Å². The van der Waals surface area contributed by atoms with E-state index in [2.05, 4.69) is 13.8 Å². The number of nitrogens with zero attached hydrogens (tertiary/aromatic N) is 1. The van der Waals surface area contributed by atoms with E-state index in [4.69, 9.17) is 0 Å². The Kier molecular flexibility index (Phi) is 3.29. The van der Waals surface area contributed by atoms with E-state index in [-0.39, 0.29) is 17.0 Å². The van der Waals surface area contributed by atoms with Gasteiger partial charge in [0.15, 0.2) is 0 Å². The average Bonchev–Trinajstić information content (AvgIpc) is 2.73. The topological polar surface area (TPSA) is 54.5 Å². The first-order valence-electron chi connectivity index (χ1n) is 7.81. The lowest BCUT2D eigenvalue weighted by Gasteiger charge is -2.38. The Hall–Kier alpha value is -0.420. The first-order chi connectivity index (χ1) is 9.30. The van der Waals surface area contributed by atoms with Crippen molar-refractivity contribution in [1.82, 2.24) is 4.31 Å². The summed E-state index contributed by atoms with van der Waals surface area (Å²) in [6, 6.07) is 0. The van der Waals surface area contributed by atoms with Gasteiger partial charge in [0.05, 0.1) is 5.75 Å². The molecule has 0 aromatic carbocycles. The lowest BCUT2D eigenvalue weighted by Crippen LogP contribution is -2.47. The molecule has 1 heterocycles. The quantitative estimate of drug-likeness (QED) is 0.803. The average molecular weight is 299 g/mol. The standard InChI is InChI=1S/C15H25NO3S/c1-14(2)12-6-7-15(14,13(17)10-12)11-20(18,19)16-8-4-3-5-9-16/h12H,3-11H2,1-2H3/t12-,15+/m1/s1. The molecule has 0 spiro atoms. The molecule has 0 amide bonds. The van der Waals surface area contributed by atoms with Crippen LogP contribution in [-0.2, 0) is 14.8 Å². The Morgan fingerprint density at radius 2 is 1.85 bits per heavy atom. The number of ketones is 1. The van der Waals surface area contributed by atoms with Gasteiger partial charge in [-0.2, -0.15) is 0 Å². The van der Waals surface area contributed by atoms with Gasteiger partial charge in [-0.3, -0.25) is 4.79 Å². The lowest BCUT2D eigenvalue weighted by molar-refractivity contribution is -0.128. The number of carbonyl (C=O) groups is 1. The zero-order valence-corrected chi connectivity index (χ0v) is 13.3. The molecule has 2 bridgehead atoms. The predicted octanol–water partition coefficient (Wildman–Crippen LogP) is 2.20. The zero-order chi connectivity index (χ0) is 14.6. The molecule has 3 aliphatic rings. The summed E-state index contributed by atoms with van der Waals surface area (Å²) < 4.78 is 27.1. The number of sulfonamides is 1. The fourth-order valence-electron chi connectivity index (χ4n) is 4.65. The summed E-state index contributed by atoms with van der Waals surface area (Å²) in [7, 11) is -3.30. The fraction of sp³-hybridized carbons (Fsp3) is 0.933. The first-order valence-corrected chi connectivity index (χ1v) is 9.42. The van der Waals surface area contributed by atoms with Crippen molar-refractivity contribution in [2.45, 2.75) is 52.4 Å². The van der Waals surface area contributed by atoms with Gasteiger partial charge in [0.1, 0.15) is 5.78 Å². The van der Waals surface area contributed by atoms with Gasteiger partial charge in [0.2, 0.25) is 10.0 Å². The highest BCUT2D eigenvalue weighted by Gasteiger charge is 2.65. The maximum absolute atomic E-state index is 12.7. The summed E-state index contributed by atoms with van der Waals surface area (Å²) >= 11 is 0. The van der Waals surface area contributed by atoms with Crippen LogP contribution >= 0.6 is 0 Å². The van der Waals surface area contributed by atoms with Crippen molar-refractivity contribution in [3.8, 4) is 0 Å². The summed E-state index contributed by atoms with van der Waals surface area (Å²) in [5.41, 5.74) is -0.777. The Balaban J connectivity index is 1.88. The van der Waals surface area contributed by atoms with Crippen molar-refractivity contribution < 1.29 is 13.2 Å². The van der Waals surface area contributed by atoms with Gasteiger partial charge in [0.25, 0.3) is 0 Å². The second-order valence-corrected chi connectivity index (χ2v) is 9.35. The largest absolute Gasteiger partial charge is 0.299 e. The maximum atomic E-state index is 12.7. The monoisotopic (exact) mass is 299 g/mol. The molecule has 3 fully saturated rings. The van der Waals surface area contributed by atoms with Crippen molar-refractivity contribution in [3.63, 3.8) is 0 Å². The molecule has 2 aliphatic carbocycles.